The summed E-state index contributed by atoms with van der Waals surface area (Å²) in [5, 5.41) is 2.07. The van der Waals surface area contributed by atoms with E-state index in [1.54, 1.807) is 0 Å². The largest absolute Gasteiger partial charge is 0.453 e. The summed E-state index contributed by atoms with van der Waals surface area (Å²) in [6, 6.07) is 71.3. The summed E-state index contributed by atoms with van der Waals surface area (Å²) >= 11 is 0. The van der Waals surface area contributed by atoms with Crippen LogP contribution in [0.15, 0.2) is 200 Å². The summed E-state index contributed by atoms with van der Waals surface area (Å²) in [6.45, 7) is 4.68. The van der Waals surface area contributed by atoms with Gasteiger partial charge in [0.25, 0.3) is 0 Å². The van der Waals surface area contributed by atoms with E-state index in [1.807, 2.05) is 36.4 Å². The van der Waals surface area contributed by atoms with Crippen LogP contribution in [0.1, 0.15) is 25.0 Å². The van der Waals surface area contributed by atoms with Gasteiger partial charge in [-0.25, -0.2) is 0 Å². The number of ether oxygens (including phenoxy) is 2. The zero-order valence-corrected chi connectivity index (χ0v) is 32.3. The van der Waals surface area contributed by atoms with Gasteiger partial charge < -0.3 is 14.4 Å². The molecule has 0 atom stereocenters. The quantitative estimate of drug-likeness (QED) is 0.169. The lowest BCUT2D eigenvalue weighted by molar-refractivity contribution is 0.440. The van der Waals surface area contributed by atoms with E-state index < -0.39 is 0 Å². The van der Waals surface area contributed by atoms with Crippen molar-refractivity contribution in [2.24, 2.45) is 0 Å². The number of fused-ring (bicyclic) bond motifs is 4. The van der Waals surface area contributed by atoms with E-state index in [0.717, 1.165) is 67.3 Å². The fourth-order valence-corrected chi connectivity index (χ4v) is 8.96. The van der Waals surface area contributed by atoms with Gasteiger partial charge in [0.2, 0.25) is 0 Å². The summed E-state index contributed by atoms with van der Waals surface area (Å²) in [5.74, 6) is 3.03. The van der Waals surface area contributed by atoms with Crippen molar-refractivity contribution >= 4 is 27.8 Å². The molecule has 0 bridgehead atoms. The molecular weight excluding hydrogens is 707 g/mol. The Morgan fingerprint density at radius 2 is 0.862 bits per heavy atom. The van der Waals surface area contributed by atoms with Crippen molar-refractivity contribution in [2.75, 3.05) is 4.90 Å². The molecule has 9 aromatic rings. The maximum Gasteiger partial charge on any atom is 0.177 e. The van der Waals surface area contributed by atoms with E-state index in [4.69, 9.17) is 9.47 Å². The monoisotopic (exact) mass is 745 g/mol. The van der Waals surface area contributed by atoms with Crippen LogP contribution in [-0.4, -0.2) is 0 Å². The lowest BCUT2D eigenvalue weighted by atomic mass is 9.82. The van der Waals surface area contributed by atoms with Crippen LogP contribution in [0.4, 0.5) is 17.1 Å². The highest BCUT2D eigenvalue weighted by molar-refractivity contribution is 5.95. The highest BCUT2D eigenvalue weighted by atomic mass is 16.5. The molecule has 0 unspecified atom stereocenters. The number of anilines is 3. The Bertz CT molecular complexity index is 3000. The topological polar surface area (TPSA) is 21.7 Å². The van der Waals surface area contributed by atoms with Crippen molar-refractivity contribution in [2.45, 2.75) is 19.3 Å². The summed E-state index contributed by atoms with van der Waals surface area (Å²) in [4.78, 5) is 2.38. The Balaban J connectivity index is 0.933. The summed E-state index contributed by atoms with van der Waals surface area (Å²) in [7, 11) is 0. The van der Waals surface area contributed by atoms with Gasteiger partial charge in [-0.05, 0) is 110 Å². The number of nitrogens with zero attached hydrogens (tertiary/aromatic N) is 1. The number of benzene rings is 9. The van der Waals surface area contributed by atoms with E-state index in [2.05, 4.69) is 183 Å². The Kier molecular flexibility index (Phi) is 7.84. The molecule has 2 aliphatic rings. The van der Waals surface area contributed by atoms with Crippen LogP contribution in [0.25, 0.3) is 55.3 Å². The molecule has 1 aliphatic carbocycles. The van der Waals surface area contributed by atoms with Gasteiger partial charge in [0.05, 0.1) is 5.39 Å². The standard InChI is InChI=1S/C55H39NO2/c1-55(2)48-17-7-6-15-46(48)47-34-33-44(35-49(47)55)56(42-29-25-38(26-30-42)36-11-4-3-5-12-36)43-31-27-39(28-32-43)37-21-23-40(24-22-37)45-16-10-20-52-54(45)58-51-19-9-14-41-13-8-18-50(57-52)53(41)51/h3-35H,1-2H3. The molecule has 0 N–H and O–H groups in total. The summed E-state index contributed by atoms with van der Waals surface area (Å²) in [6.07, 6.45) is 0. The molecule has 58 heavy (non-hydrogen) atoms. The van der Waals surface area contributed by atoms with Crippen molar-refractivity contribution in [1.82, 2.24) is 0 Å². The van der Waals surface area contributed by atoms with Crippen LogP contribution >= 0.6 is 0 Å². The van der Waals surface area contributed by atoms with E-state index in [-0.39, 0.29) is 5.41 Å². The second-order valence-electron chi connectivity index (χ2n) is 15.7. The maximum absolute atomic E-state index is 6.63. The minimum absolute atomic E-state index is 0.1000. The van der Waals surface area contributed by atoms with E-state index in [9.17, 15) is 0 Å². The highest BCUT2D eigenvalue weighted by Gasteiger charge is 2.35. The molecule has 9 aromatic carbocycles. The SMILES string of the molecule is CC1(C)c2ccccc2-c2ccc(N(c3ccc(-c4ccccc4)cc3)c3ccc(-c4ccc(-c5cccc6c5Oc5cccc7cccc(c57)O6)cc4)cc3)cc21. The summed E-state index contributed by atoms with van der Waals surface area (Å²) < 4.78 is 13.1. The first-order chi connectivity index (χ1) is 28.5. The van der Waals surface area contributed by atoms with Crippen molar-refractivity contribution < 1.29 is 9.47 Å². The van der Waals surface area contributed by atoms with Gasteiger partial charge in [0.1, 0.15) is 11.5 Å². The molecule has 11 rings (SSSR count). The van der Waals surface area contributed by atoms with Gasteiger partial charge in [-0.3, -0.25) is 0 Å². The minimum Gasteiger partial charge on any atom is -0.453 e. The lowest BCUT2D eigenvalue weighted by Crippen LogP contribution is -2.16. The predicted molar refractivity (Wildman–Crippen MR) is 239 cm³/mol. The average Bonchev–Trinajstić information content (AvgIpc) is 3.37. The normalized spacial score (nSPS) is 13.1. The molecule has 3 nitrogen and oxygen atoms in total. The molecular formula is C55H39NO2. The van der Waals surface area contributed by atoms with Crippen molar-refractivity contribution in [3.8, 4) is 67.5 Å². The van der Waals surface area contributed by atoms with E-state index in [0.29, 0.717) is 5.75 Å². The first-order valence-electron chi connectivity index (χ1n) is 19.9. The first-order valence-corrected chi connectivity index (χ1v) is 19.9. The van der Waals surface area contributed by atoms with Gasteiger partial charge in [-0.2, -0.15) is 0 Å². The number of para-hydroxylation sites is 1. The number of rotatable bonds is 6. The molecule has 1 aliphatic heterocycles. The van der Waals surface area contributed by atoms with Crippen molar-refractivity contribution in [3.05, 3.63) is 211 Å². The van der Waals surface area contributed by atoms with Gasteiger partial charge in [-0.15, -0.1) is 0 Å². The van der Waals surface area contributed by atoms with E-state index in [1.165, 1.54) is 33.4 Å². The van der Waals surface area contributed by atoms with Crippen LogP contribution in [-0.2, 0) is 5.41 Å². The second kappa shape index (κ2) is 13.4. The Hall–Kier alpha value is -7.36. The fraction of sp³-hybridized carbons (Fsp3) is 0.0545. The molecule has 3 heteroatoms. The molecule has 0 saturated heterocycles. The van der Waals surface area contributed by atoms with Crippen LogP contribution in [0.3, 0.4) is 0 Å². The van der Waals surface area contributed by atoms with Gasteiger partial charge in [0, 0.05) is 28.0 Å². The third kappa shape index (κ3) is 5.58. The molecule has 276 valence electrons. The van der Waals surface area contributed by atoms with Crippen LogP contribution in [0.5, 0.6) is 23.0 Å². The predicted octanol–water partition coefficient (Wildman–Crippen LogP) is 15.5. The van der Waals surface area contributed by atoms with E-state index >= 15 is 0 Å². The zero-order chi connectivity index (χ0) is 38.8. The Morgan fingerprint density at radius 3 is 1.55 bits per heavy atom. The third-order valence-electron chi connectivity index (χ3n) is 12.0. The first kappa shape index (κ1) is 33.9. The van der Waals surface area contributed by atoms with Gasteiger partial charge in [0.15, 0.2) is 11.5 Å². The fourth-order valence-electron chi connectivity index (χ4n) is 8.96. The molecule has 0 saturated carbocycles. The Labute approximate surface area is 339 Å². The Morgan fingerprint density at radius 1 is 0.362 bits per heavy atom. The van der Waals surface area contributed by atoms with Crippen molar-refractivity contribution in [3.63, 3.8) is 0 Å². The molecule has 0 radical (unpaired) electrons. The molecule has 0 fully saturated rings. The van der Waals surface area contributed by atoms with Gasteiger partial charge >= 0.3 is 0 Å². The zero-order valence-electron chi connectivity index (χ0n) is 32.3. The molecule has 0 spiro atoms. The van der Waals surface area contributed by atoms with Crippen LogP contribution in [0, 0.1) is 0 Å². The number of hydrogen-bond acceptors (Lipinski definition) is 3. The number of hydrogen-bond donors (Lipinski definition) is 0. The minimum atomic E-state index is -0.1000. The average molecular weight is 746 g/mol. The molecule has 0 aromatic heterocycles. The van der Waals surface area contributed by atoms with Crippen molar-refractivity contribution in [1.29, 1.82) is 0 Å². The van der Waals surface area contributed by atoms with Gasteiger partial charge in [-0.1, -0.05) is 159 Å². The molecule has 1 heterocycles. The van der Waals surface area contributed by atoms with Crippen LogP contribution in [0.2, 0.25) is 0 Å². The third-order valence-corrected chi connectivity index (χ3v) is 12.0. The second-order valence-corrected chi connectivity index (χ2v) is 15.7. The van der Waals surface area contributed by atoms with Crippen LogP contribution < -0.4 is 14.4 Å². The highest BCUT2D eigenvalue weighted by Crippen LogP contribution is 2.52. The maximum atomic E-state index is 6.63. The smallest absolute Gasteiger partial charge is 0.177 e. The summed E-state index contributed by atoms with van der Waals surface area (Å²) in [5.41, 5.74) is 15.4. The molecule has 0 amide bonds. The lowest BCUT2D eigenvalue weighted by Gasteiger charge is -2.28.